The van der Waals surface area contributed by atoms with Crippen molar-refractivity contribution in [3.63, 3.8) is 0 Å². The second-order valence-corrected chi connectivity index (χ2v) is 5.93. The maximum Gasteiger partial charge on any atom is 0.129 e. The van der Waals surface area contributed by atoms with E-state index in [0.717, 1.165) is 10.6 Å². The van der Waals surface area contributed by atoms with Crippen molar-refractivity contribution in [1.82, 2.24) is 0 Å². The highest BCUT2D eigenvalue weighted by Crippen LogP contribution is 2.30. The number of thiophene rings is 1. The van der Waals surface area contributed by atoms with Gasteiger partial charge in [0.25, 0.3) is 0 Å². The molecule has 1 atom stereocenters. The van der Waals surface area contributed by atoms with Gasteiger partial charge in [0.15, 0.2) is 0 Å². The lowest BCUT2D eigenvalue weighted by atomic mass is 9.95. The molecule has 1 aromatic heterocycles. The van der Waals surface area contributed by atoms with Crippen LogP contribution in [0, 0.1) is 20.8 Å². The lowest BCUT2D eigenvalue weighted by Gasteiger charge is -2.14. The van der Waals surface area contributed by atoms with Crippen molar-refractivity contribution in [1.29, 1.82) is 0 Å². The third-order valence-corrected chi connectivity index (χ3v) is 4.41. The largest absolute Gasteiger partial charge is 0.496 e. The molecule has 3 heteroatoms. The van der Waals surface area contributed by atoms with E-state index in [-0.39, 0.29) is 0 Å². The first-order valence-electron chi connectivity index (χ1n) is 6.38. The van der Waals surface area contributed by atoms with Crippen LogP contribution in [0.1, 0.15) is 33.2 Å². The molecule has 2 rings (SSSR count). The Hall–Kier alpha value is -1.32. The zero-order valence-electron chi connectivity index (χ0n) is 11.9. The topological polar surface area (TPSA) is 29.5 Å². The van der Waals surface area contributed by atoms with Crippen LogP contribution in [0.4, 0.5) is 0 Å². The second-order valence-electron chi connectivity index (χ2n) is 4.99. The average molecular weight is 276 g/mol. The highest BCUT2D eigenvalue weighted by Gasteiger charge is 2.14. The lowest BCUT2D eigenvalue weighted by molar-refractivity contribution is 0.181. The molecule has 0 aliphatic heterocycles. The monoisotopic (exact) mass is 276 g/mol. The van der Waals surface area contributed by atoms with Gasteiger partial charge in [0.1, 0.15) is 5.75 Å². The van der Waals surface area contributed by atoms with Crippen molar-refractivity contribution < 1.29 is 9.84 Å². The fraction of sp³-hybridized carbons (Fsp3) is 0.375. The average Bonchev–Trinajstić information content (AvgIpc) is 2.82. The van der Waals surface area contributed by atoms with Gasteiger partial charge >= 0.3 is 0 Å². The molecule has 0 saturated carbocycles. The molecular formula is C16H20O2S. The summed E-state index contributed by atoms with van der Waals surface area (Å²) in [5.74, 6) is 0.816. The number of aliphatic hydroxyl groups excluding tert-OH is 1. The summed E-state index contributed by atoms with van der Waals surface area (Å²) in [6, 6.07) is 6.25. The van der Waals surface area contributed by atoms with Gasteiger partial charge in [0.05, 0.1) is 13.2 Å². The highest BCUT2D eigenvalue weighted by atomic mass is 32.1. The van der Waals surface area contributed by atoms with Crippen molar-refractivity contribution in [3.8, 4) is 5.75 Å². The number of benzene rings is 1. The summed E-state index contributed by atoms with van der Waals surface area (Å²) in [5, 5.41) is 12.3. The van der Waals surface area contributed by atoms with E-state index in [0.29, 0.717) is 6.42 Å². The molecule has 0 aliphatic carbocycles. The lowest BCUT2D eigenvalue weighted by Crippen LogP contribution is -2.04. The quantitative estimate of drug-likeness (QED) is 0.916. The van der Waals surface area contributed by atoms with Crippen LogP contribution in [0.15, 0.2) is 23.6 Å². The van der Waals surface area contributed by atoms with Gasteiger partial charge in [-0.2, -0.15) is 0 Å². The van der Waals surface area contributed by atoms with Gasteiger partial charge < -0.3 is 9.84 Å². The van der Waals surface area contributed by atoms with Crippen molar-refractivity contribution in [3.05, 3.63) is 50.7 Å². The number of aliphatic hydroxyl groups is 1. The molecule has 1 unspecified atom stereocenters. The van der Waals surface area contributed by atoms with Gasteiger partial charge in [-0.1, -0.05) is 17.7 Å². The number of aryl methyl sites for hydroxylation is 3. The Balaban J connectivity index is 2.21. The van der Waals surface area contributed by atoms with Crippen LogP contribution in [0.3, 0.4) is 0 Å². The zero-order chi connectivity index (χ0) is 14.0. The smallest absolute Gasteiger partial charge is 0.129 e. The molecule has 1 heterocycles. The SMILES string of the molecule is COc1csc(C(O)Cc2c(C)cc(C)cc2C)c1. The highest BCUT2D eigenvalue weighted by molar-refractivity contribution is 7.10. The standard InChI is InChI=1S/C16H20O2S/c1-10-5-11(2)14(12(3)6-10)8-15(17)16-7-13(18-4)9-19-16/h5-7,9,15,17H,8H2,1-4H3. The number of hydrogen-bond acceptors (Lipinski definition) is 3. The van der Waals surface area contributed by atoms with E-state index in [1.54, 1.807) is 18.4 Å². The number of rotatable bonds is 4. The summed E-state index contributed by atoms with van der Waals surface area (Å²) in [6.45, 7) is 6.32. The fourth-order valence-electron chi connectivity index (χ4n) is 2.44. The second kappa shape index (κ2) is 5.76. The molecule has 0 amide bonds. The molecule has 0 saturated heterocycles. The zero-order valence-corrected chi connectivity index (χ0v) is 12.7. The summed E-state index contributed by atoms with van der Waals surface area (Å²) in [7, 11) is 1.65. The predicted octanol–water partition coefficient (Wildman–Crippen LogP) is 3.96. The van der Waals surface area contributed by atoms with E-state index < -0.39 is 6.10 Å². The molecule has 0 spiro atoms. The van der Waals surface area contributed by atoms with Crippen molar-refractivity contribution in [2.75, 3.05) is 7.11 Å². The van der Waals surface area contributed by atoms with Gasteiger partial charge in [-0.25, -0.2) is 0 Å². The summed E-state index contributed by atoms with van der Waals surface area (Å²) in [6.07, 6.45) is 0.190. The van der Waals surface area contributed by atoms with Crippen molar-refractivity contribution in [2.45, 2.75) is 33.3 Å². The first-order valence-corrected chi connectivity index (χ1v) is 7.26. The molecule has 0 radical (unpaired) electrons. The van der Waals surface area contributed by atoms with E-state index in [9.17, 15) is 5.11 Å². The Kier molecular flexibility index (Phi) is 4.27. The van der Waals surface area contributed by atoms with Gasteiger partial charge in [-0.15, -0.1) is 11.3 Å². The van der Waals surface area contributed by atoms with Crippen LogP contribution in [-0.4, -0.2) is 12.2 Å². The van der Waals surface area contributed by atoms with E-state index in [1.165, 1.54) is 22.3 Å². The maximum absolute atomic E-state index is 10.4. The molecule has 19 heavy (non-hydrogen) atoms. The molecule has 1 N–H and O–H groups in total. The van der Waals surface area contributed by atoms with Crippen LogP contribution in [0.5, 0.6) is 5.75 Å². The first-order chi connectivity index (χ1) is 9.01. The van der Waals surface area contributed by atoms with Gasteiger partial charge in [0.2, 0.25) is 0 Å². The molecule has 0 bridgehead atoms. The Labute approximate surface area is 118 Å². The van der Waals surface area contributed by atoms with E-state index in [4.69, 9.17) is 4.74 Å². The molecule has 102 valence electrons. The minimum Gasteiger partial charge on any atom is -0.496 e. The summed E-state index contributed by atoms with van der Waals surface area (Å²) < 4.78 is 5.16. The minimum absolute atomic E-state index is 0.464. The molecule has 1 aromatic carbocycles. The molecule has 0 aliphatic rings. The Bertz CT molecular complexity index is 549. The molecule has 2 nitrogen and oxygen atoms in total. The molecule has 0 fully saturated rings. The molecule has 2 aromatic rings. The number of ether oxygens (including phenoxy) is 1. The normalized spacial score (nSPS) is 12.5. The third kappa shape index (κ3) is 3.17. The minimum atomic E-state index is -0.464. The third-order valence-electron chi connectivity index (χ3n) is 3.40. The Morgan fingerprint density at radius 3 is 2.32 bits per heavy atom. The van der Waals surface area contributed by atoms with Crippen LogP contribution < -0.4 is 4.74 Å². The predicted molar refractivity (Wildman–Crippen MR) is 80.2 cm³/mol. The van der Waals surface area contributed by atoms with Crippen LogP contribution in [0.25, 0.3) is 0 Å². The van der Waals surface area contributed by atoms with Gasteiger partial charge in [-0.3, -0.25) is 0 Å². The summed E-state index contributed by atoms with van der Waals surface area (Å²) in [4.78, 5) is 0.955. The van der Waals surface area contributed by atoms with Crippen LogP contribution in [-0.2, 0) is 6.42 Å². The van der Waals surface area contributed by atoms with Gasteiger partial charge in [-0.05, 0) is 43.5 Å². The maximum atomic E-state index is 10.4. The van der Waals surface area contributed by atoms with Gasteiger partial charge in [0, 0.05) is 16.7 Å². The van der Waals surface area contributed by atoms with E-state index in [1.807, 2.05) is 11.4 Å². The fourth-order valence-corrected chi connectivity index (χ4v) is 3.28. The Morgan fingerprint density at radius 1 is 1.16 bits per heavy atom. The van der Waals surface area contributed by atoms with E-state index in [2.05, 4.69) is 32.9 Å². The van der Waals surface area contributed by atoms with Crippen molar-refractivity contribution >= 4 is 11.3 Å². The number of methoxy groups -OCH3 is 1. The first kappa shape index (κ1) is 14.1. The Morgan fingerprint density at radius 2 is 1.79 bits per heavy atom. The molecular weight excluding hydrogens is 256 g/mol. The number of hydrogen-bond donors (Lipinski definition) is 1. The van der Waals surface area contributed by atoms with Crippen LogP contribution in [0.2, 0.25) is 0 Å². The van der Waals surface area contributed by atoms with Crippen LogP contribution >= 0.6 is 11.3 Å². The van der Waals surface area contributed by atoms with E-state index >= 15 is 0 Å². The van der Waals surface area contributed by atoms with Crippen molar-refractivity contribution in [2.24, 2.45) is 0 Å². The summed E-state index contributed by atoms with van der Waals surface area (Å²) in [5.41, 5.74) is 5.01. The summed E-state index contributed by atoms with van der Waals surface area (Å²) >= 11 is 1.54.